The number of rotatable bonds is 6. The van der Waals surface area contributed by atoms with Crippen molar-refractivity contribution in [2.24, 2.45) is 0 Å². The lowest BCUT2D eigenvalue weighted by Crippen LogP contribution is -2.34. The summed E-state index contributed by atoms with van der Waals surface area (Å²) in [5.74, 6) is -1.14. The third-order valence-corrected chi connectivity index (χ3v) is 5.10. The summed E-state index contributed by atoms with van der Waals surface area (Å²) in [4.78, 5) is 25.3. The van der Waals surface area contributed by atoms with E-state index in [1.54, 1.807) is 32.3 Å². The normalized spacial score (nSPS) is 12.1. The number of carbonyl (C=O) groups excluding carboxylic acids is 2. The zero-order valence-corrected chi connectivity index (χ0v) is 16.4. The Morgan fingerprint density at radius 1 is 1.07 bits per heavy atom. The number of hydrogen-bond acceptors (Lipinski definition) is 5. The van der Waals surface area contributed by atoms with E-state index >= 15 is 0 Å². The summed E-state index contributed by atoms with van der Waals surface area (Å²) in [5, 5.41) is 0. The van der Waals surface area contributed by atoms with E-state index < -0.39 is 22.1 Å². The van der Waals surface area contributed by atoms with E-state index in [1.807, 2.05) is 13.0 Å². The maximum atomic E-state index is 12.6. The number of ether oxygens (including phenoxy) is 1. The Kier molecular flexibility index (Phi) is 6.22. The van der Waals surface area contributed by atoms with E-state index in [1.165, 1.54) is 36.1 Å². The fourth-order valence-corrected chi connectivity index (χ4v) is 3.45. The molecule has 0 aliphatic rings. The molecule has 0 aliphatic carbocycles. The Hall–Kier alpha value is -2.87. The molecule has 144 valence electrons. The highest BCUT2D eigenvalue weighted by molar-refractivity contribution is 7.92. The summed E-state index contributed by atoms with van der Waals surface area (Å²) < 4.78 is 32.8. The Labute approximate surface area is 159 Å². The number of benzene rings is 2. The van der Waals surface area contributed by atoms with E-state index in [-0.39, 0.29) is 16.4 Å². The van der Waals surface area contributed by atoms with Crippen LogP contribution >= 0.6 is 0 Å². The largest absolute Gasteiger partial charge is 0.449 e. The number of nitrogens with zero attached hydrogens (tertiary/aromatic N) is 1. The number of aryl methyl sites for hydroxylation is 1. The average molecular weight is 390 g/mol. The first-order valence-corrected chi connectivity index (χ1v) is 9.70. The molecule has 1 atom stereocenters. The number of hydrogen-bond donors (Lipinski definition) is 1. The van der Waals surface area contributed by atoms with Crippen LogP contribution in [0.5, 0.6) is 0 Å². The quantitative estimate of drug-likeness (QED) is 0.765. The van der Waals surface area contributed by atoms with Gasteiger partial charge in [0.15, 0.2) is 6.10 Å². The van der Waals surface area contributed by atoms with Gasteiger partial charge in [-0.25, -0.2) is 13.2 Å². The second-order valence-corrected chi connectivity index (χ2v) is 7.97. The van der Waals surface area contributed by atoms with Crippen molar-refractivity contribution in [1.29, 1.82) is 0 Å². The van der Waals surface area contributed by atoms with Crippen molar-refractivity contribution in [3.63, 3.8) is 0 Å². The molecule has 0 saturated carbocycles. The first-order valence-electron chi connectivity index (χ1n) is 8.22. The Morgan fingerprint density at radius 3 is 2.37 bits per heavy atom. The smallest absolute Gasteiger partial charge is 0.338 e. The van der Waals surface area contributed by atoms with Crippen molar-refractivity contribution >= 4 is 27.6 Å². The SMILES string of the molecule is Cc1cccc(NS(=O)(=O)c2cccc(C(=O)O[C@@H](C)C(=O)N(C)C)c2)c1. The van der Waals surface area contributed by atoms with Gasteiger partial charge in [0.05, 0.1) is 10.5 Å². The van der Waals surface area contributed by atoms with Crippen molar-refractivity contribution in [3.8, 4) is 0 Å². The highest BCUT2D eigenvalue weighted by Crippen LogP contribution is 2.18. The second-order valence-electron chi connectivity index (χ2n) is 6.28. The van der Waals surface area contributed by atoms with Gasteiger partial charge in [-0.1, -0.05) is 18.2 Å². The lowest BCUT2D eigenvalue weighted by atomic mass is 10.2. The molecule has 0 bridgehead atoms. The van der Waals surface area contributed by atoms with Crippen molar-refractivity contribution in [3.05, 3.63) is 59.7 Å². The maximum absolute atomic E-state index is 12.6. The van der Waals surface area contributed by atoms with E-state index in [2.05, 4.69) is 4.72 Å². The number of esters is 1. The first-order chi connectivity index (χ1) is 12.6. The van der Waals surface area contributed by atoms with Gasteiger partial charge >= 0.3 is 5.97 Å². The number of carbonyl (C=O) groups is 2. The minimum Gasteiger partial charge on any atom is -0.449 e. The molecule has 0 aromatic heterocycles. The van der Waals surface area contributed by atoms with Gasteiger partial charge in [-0.3, -0.25) is 9.52 Å². The fraction of sp³-hybridized carbons (Fsp3) is 0.263. The van der Waals surface area contributed by atoms with Gasteiger partial charge in [-0.15, -0.1) is 0 Å². The van der Waals surface area contributed by atoms with Gasteiger partial charge in [-0.2, -0.15) is 0 Å². The van der Waals surface area contributed by atoms with Crippen LogP contribution in [0.4, 0.5) is 5.69 Å². The molecular formula is C19H22N2O5S. The lowest BCUT2D eigenvalue weighted by molar-refractivity contribution is -0.137. The molecule has 27 heavy (non-hydrogen) atoms. The molecule has 0 fully saturated rings. The van der Waals surface area contributed by atoms with Gasteiger partial charge in [0.2, 0.25) is 0 Å². The number of sulfonamides is 1. The van der Waals surface area contributed by atoms with Crippen LogP contribution in [0, 0.1) is 6.92 Å². The highest BCUT2D eigenvalue weighted by Gasteiger charge is 2.22. The molecule has 1 N–H and O–H groups in total. The van der Waals surface area contributed by atoms with Crippen LogP contribution in [-0.2, 0) is 19.6 Å². The molecule has 7 nitrogen and oxygen atoms in total. The van der Waals surface area contributed by atoms with Crippen LogP contribution in [-0.4, -0.2) is 45.4 Å². The Balaban J connectivity index is 2.21. The van der Waals surface area contributed by atoms with Gasteiger partial charge in [0.25, 0.3) is 15.9 Å². The summed E-state index contributed by atoms with van der Waals surface area (Å²) in [5.41, 5.74) is 1.38. The minimum absolute atomic E-state index is 0.0422. The summed E-state index contributed by atoms with van der Waals surface area (Å²) in [7, 11) is -0.772. The van der Waals surface area contributed by atoms with Crippen LogP contribution in [0.2, 0.25) is 0 Å². The average Bonchev–Trinajstić information content (AvgIpc) is 2.60. The van der Waals surface area contributed by atoms with Gasteiger partial charge < -0.3 is 9.64 Å². The minimum atomic E-state index is -3.88. The molecule has 0 unspecified atom stereocenters. The summed E-state index contributed by atoms with van der Waals surface area (Å²) >= 11 is 0. The molecule has 0 aliphatic heterocycles. The van der Waals surface area contributed by atoms with Crippen molar-refractivity contribution in [2.45, 2.75) is 24.8 Å². The monoisotopic (exact) mass is 390 g/mol. The molecule has 2 rings (SSSR count). The molecule has 2 aromatic carbocycles. The molecule has 0 saturated heterocycles. The lowest BCUT2D eigenvalue weighted by Gasteiger charge is -2.17. The molecule has 8 heteroatoms. The highest BCUT2D eigenvalue weighted by atomic mass is 32.2. The van der Waals surface area contributed by atoms with Crippen LogP contribution in [0.15, 0.2) is 53.4 Å². The Bertz CT molecular complexity index is 954. The van der Waals surface area contributed by atoms with E-state index in [4.69, 9.17) is 4.74 Å². The number of nitrogens with one attached hydrogen (secondary N) is 1. The molecule has 0 radical (unpaired) electrons. The van der Waals surface area contributed by atoms with Crippen molar-refractivity contribution in [2.75, 3.05) is 18.8 Å². The van der Waals surface area contributed by atoms with Crippen molar-refractivity contribution in [1.82, 2.24) is 4.90 Å². The van der Waals surface area contributed by atoms with Gasteiger partial charge in [0, 0.05) is 19.8 Å². The first kappa shape index (κ1) is 20.4. The van der Waals surface area contributed by atoms with Crippen LogP contribution < -0.4 is 4.72 Å². The summed E-state index contributed by atoms with van der Waals surface area (Å²) in [6.45, 7) is 3.31. The van der Waals surface area contributed by atoms with Gasteiger partial charge in [0.1, 0.15) is 0 Å². The molecule has 0 heterocycles. The standard InChI is InChI=1S/C19H22N2O5S/c1-13-7-5-9-16(11-13)20-27(24,25)17-10-6-8-15(12-17)19(23)26-14(2)18(22)21(3)4/h5-12,14,20H,1-4H3/t14-/m0/s1. The van der Waals surface area contributed by atoms with Gasteiger partial charge in [-0.05, 0) is 49.7 Å². The van der Waals surface area contributed by atoms with E-state index in [0.717, 1.165) is 5.56 Å². The predicted octanol–water partition coefficient (Wildman–Crippen LogP) is 2.43. The zero-order chi connectivity index (χ0) is 20.2. The van der Waals surface area contributed by atoms with Crippen LogP contribution in [0.25, 0.3) is 0 Å². The number of amides is 1. The topological polar surface area (TPSA) is 92.8 Å². The molecule has 0 spiro atoms. The summed E-state index contributed by atoms with van der Waals surface area (Å²) in [6.07, 6.45) is -0.974. The second kappa shape index (κ2) is 8.22. The molecule has 2 aromatic rings. The number of anilines is 1. The predicted molar refractivity (Wildman–Crippen MR) is 102 cm³/mol. The zero-order valence-electron chi connectivity index (χ0n) is 15.6. The van der Waals surface area contributed by atoms with Crippen molar-refractivity contribution < 1.29 is 22.7 Å². The summed E-state index contributed by atoms with van der Waals surface area (Å²) in [6, 6.07) is 12.4. The Morgan fingerprint density at radius 2 is 1.74 bits per heavy atom. The third kappa shape index (κ3) is 5.30. The third-order valence-electron chi connectivity index (χ3n) is 3.72. The van der Waals surface area contributed by atoms with E-state index in [9.17, 15) is 18.0 Å². The molecular weight excluding hydrogens is 368 g/mol. The number of likely N-dealkylation sites (N-methyl/N-ethyl adjacent to an activating group) is 1. The van der Waals surface area contributed by atoms with E-state index in [0.29, 0.717) is 5.69 Å². The molecule has 1 amide bonds. The fourth-order valence-electron chi connectivity index (χ4n) is 2.36. The van der Waals surface area contributed by atoms with Crippen LogP contribution in [0.3, 0.4) is 0 Å². The maximum Gasteiger partial charge on any atom is 0.338 e. The van der Waals surface area contributed by atoms with Crippen LogP contribution in [0.1, 0.15) is 22.8 Å².